The second kappa shape index (κ2) is 8.42. The van der Waals surface area contributed by atoms with Gasteiger partial charge >= 0.3 is 5.97 Å². The Kier molecular flexibility index (Phi) is 6.19. The van der Waals surface area contributed by atoms with E-state index in [-0.39, 0.29) is 4.90 Å². The van der Waals surface area contributed by atoms with Crippen LogP contribution in [0.1, 0.15) is 41.6 Å². The SMILES string of the molecule is Cc1cc(Cl)ccc1OC(=O)c1ccc(S(=O)(=O)N2CCCCCC2)cc1. The quantitative estimate of drug-likeness (QED) is 0.555. The number of ether oxygens (including phenoxy) is 1. The molecule has 1 aliphatic rings. The fourth-order valence-corrected chi connectivity index (χ4v) is 4.82. The number of esters is 1. The molecule has 0 aliphatic carbocycles. The summed E-state index contributed by atoms with van der Waals surface area (Å²) < 4.78 is 32.5. The van der Waals surface area contributed by atoms with E-state index in [9.17, 15) is 13.2 Å². The molecule has 144 valence electrons. The number of sulfonamides is 1. The van der Waals surface area contributed by atoms with Crippen molar-refractivity contribution in [3.05, 3.63) is 58.6 Å². The van der Waals surface area contributed by atoms with Gasteiger partial charge in [0.1, 0.15) is 5.75 Å². The van der Waals surface area contributed by atoms with Crippen molar-refractivity contribution in [1.82, 2.24) is 4.31 Å². The van der Waals surface area contributed by atoms with Gasteiger partial charge in [0.05, 0.1) is 10.5 Å². The predicted octanol–water partition coefficient (Wildman–Crippen LogP) is 4.43. The van der Waals surface area contributed by atoms with E-state index in [1.165, 1.54) is 28.6 Å². The van der Waals surface area contributed by atoms with Gasteiger partial charge in [-0.1, -0.05) is 24.4 Å². The molecule has 0 atom stereocenters. The normalized spacial score (nSPS) is 15.9. The van der Waals surface area contributed by atoms with Gasteiger partial charge in [-0.25, -0.2) is 13.2 Å². The van der Waals surface area contributed by atoms with Gasteiger partial charge in [0.15, 0.2) is 0 Å². The summed E-state index contributed by atoms with van der Waals surface area (Å²) in [6, 6.07) is 10.9. The molecule has 0 amide bonds. The summed E-state index contributed by atoms with van der Waals surface area (Å²) >= 11 is 5.90. The van der Waals surface area contributed by atoms with Gasteiger partial charge in [0.25, 0.3) is 0 Å². The van der Waals surface area contributed by atoms with Crippen LogP contribution in [-0.4, -0.2) is 31.8 Å². The number of nitrogens with zero attached hydrogens (tertiary/aromatic N) is 1. The van der Waals surface area contributed by atoms with E-state index in [2.05, 4.69) is 0 Å². The molecule has 1 aliphatic heterocycles. The largest absolute Gasteiger partial charge is 0.423 e. The summed E-state index contributed by atoms with van der Waals surface area (Å²) in [6.45, 7) is 2.88. The molecule has 0 saturated carbocycles. The monoisotopic (exact) mass is 407 g/mol. The van der Waals surface area contributed by atoms with E-state index in [4.69, 9.17) is 16.3 Å². The van der Waals surface area contributed by atoms with Crippen LogP contribution in [0.25, 0.3) is 0 Å². The minimum absolute atomic E-state index is 0.198. The third kappa shape index (κ3) is 4.69. The summed E-state index contributed by atoms with van der Waals surface area (Å²) in [5, 5.41) is 0.565. The molecule has 0 radical (unpaired) electrons. The third-order valence-electron chi connectivity index (χ3n) is 4.63. The number of aryl methyl sites for hydroxylation is 1. The first-order chi connectivity index (χ1) is 12.9. The average molecular weight is 408 g/mol. The Morgan fingerprint density at radius 1 is 1.00 bits per heavy atom. The van der Waals surface area contributed by atoms with Crippen LogP contribution in [0.2, 0.25) is 5.02 Å². The van der Waals surface area contributed by atoms with Crippen molar-refractivity contribution in [2.24, 2.45) is 0 Å². The van der Waals surface area contributed by atoms with Crippen LogP contribution in [-0.2, 0) is 10.0 Å². The van der Waals surface area contributed by atoms with Crippen molar-refractivity contribution in [2.45, 2.75) is 37.5 Å². The number of rotatable bonds is 4. The first-order valence-electron chi connectivity index (χ1n) is 8.96. The molecule has 7 heteroatoms. The summed E-state index contributed by atoms with van der Waals surface area (Å²) in [5.74, 6) is -0.121. The lowest BCUT2D eigenvalue weighted by atomic mass is 10.2. The van der Waals surface area contributed by atoms with Gasteiger partial charge in [0, 0.05) is 18.1 Å². The van der Waals surface area contributed by atoms with Crippen molar-refractivity contribution in [2.75, 3.05) is 13.1 Å². The fraction of sp³-hybridized carbons (Fsp3) is 0.350. The van der Waals surface area contributed by atoms with Crippen LogP contribution in [0.3, 0.4) is 0 Å². The molecule has 2 aromatic carbocycles. The highest BCUT2D eigenvalue weighted by molar-refractivity contribution is 7.89. The highest BCUT2D eigenvalue weighted by Crippen LogP contribution is 2.24. The fourth-order valence-electron chi connectivity index (χ4n) is 3.08. The summed E-state index contributed by atoms with van der Waals surface area (Å²) in [5.41, 5.74) is 1.04. The molecule has 2 aromatic rings. The number of halogens is 1. The Morgan fingerprint density at radius 2 is 1.63 bits per heavy atom. The van der Waals surface area contributed by atoms with E-state index in [1.54, 1.807) is 25.1 Å². The van der Waals surface area contributed by atoms with Crippen LogP contribution in [0, 0.1) is 6.92 Å². The summed E-state index contributed by atoms with van der Waals surface area (Å²) in [4.78, 5) is 12.5. The molecular weight excluding hydrogens is 386 g/mol. The molecule has 1 fully saturated rings. The van der Waals surface area contributed by atoms with Crippen molar-refractivity contribution in [1.29, 1.82) is 0 Å². The first-order valence-corrected chi connectivity index (χ1v) is 10.8. The molecule has 1 saturated heterocycles. The number of carbonyl (C=O) groups is 1. The van der Waals surface area contributed by atoms with Gasteiger partial charge in [-0.3, -0.25) is 0 Å². The molecule has 0 unspecified atom stereocenters. The zero-order valence-corrected chi connectivity index (χ0v) is 16.7. The average Bonchev–Trinajstić information content (AvgIpc) is 2.94. The van der Waals surface area contributed by atoms with Crippen molar-refractivity contribution in [3.8, 4) is 5.75 Å². The number of hydrogen-bond donors (Lipinski definition) is 0. The highest BCUT2D eigenvalue weighted by atomic mass is 35.5. The van der Waals surface area contributed by atoms with Gasteiger partial charge in [-0.2, -0.15) is 4.31 Å². The minimum atomic E-state index is -3.53. The smallest absolute Gasteiger partial charge is 0.343 e. The van der Waals surface area contributed by atoms with E-state index in [0.29, 0.717) is 29.4 Å². The molecule has 0 N–H and O–H groups in total. The number of carbonyl (C=O) groups excluding carboxylic acids is 1. The van der Waals surface area contributed by atoms with Crippen LogP contribution in [0.4, 0.5) is 0 Å². The lowest BCUT2D eigenvalue weighted by Crippen LogP contribution is -2.31. The molecule has 1 heterocycles. The second-order valence-corrected chi connectivity index (χ2v) is 9.02. The summed E-state index contributed by atoms with van der Waals surface area (Å²) in [6.07, 6.45) is 3.87. The van der Waals surface area contributed by atoms with E-state index in [1.807, 2.05) is 0 Å². The molecule has 5 nitrogen and oxygen atoms in total. The van der Waals surface area contributed by atoms with E-state index in [0.717, 1.165) is 31.2 Å². The van der Waals surface area contributed by atoms with Gasteiger partial charge in [0.2, 0.25) is 10.0 Å². The maximum Gasteiger partial charge on any atom is 0.343 e. The molecular formula is C20H22ClNO4S. The molecule has 0 spiro atoms. The maximum atomic E-state index is 12.8. The van der Waals surface area contributed by atoms with Gasteiger partial charge < -0.3 is 4.74 Å². The topological polar surface area (TPSA) is 63.7 Å². The van der Waals surface area contributed by atoms with E-state index >= 15 is 0 Å². The van der Waals surface area contributed by atoms with Crippen LogP contribution >= 0.6 is 11.6 Å². The Hall–Kier alpha value is -1.89. The zero-order chi connectivity index (χ0) is 19.4. The van der Waals surface area contributed by atoms with Crippen LogP contribution in [0.5, 0.6) is 5.75 Å². The maximum absolute atomic E-state index is 12.8. The molecule has 27 heavy (non-hydrogen) atoms. The lowest BCUT2D eigenvalue weighted by molar-refractivity contribution is 0.0733. The molecule has 0 bridgehead atoms. The third-order valence-corrected chi connectivity index (χ3v) is 6.78. The Morgan fingerprint density at radius 3 is 2.22 bits per heavy atom. The predicted molar refractivity (Wildman–Crippen MR) is 105 cm³/mol. The van der Waals surface area contributed by atoms with Crippen molar-refractivity contribution in [3.63, 3.8) is 0 Å². The van der Waals surface area contributed by atoms with Crippen molar-refractivity contribution < 1.29 is 17.9 Å². The van der Waals surface area contributed by atoms with Crippen LogP contribution in [0.15, 0.2) is 47.4 Å². The Labute approximate surface area is 165 Å². The second-order valence-electron chi connectivity index (χ2n) is 6.64. The van der Waals surface area contributed by atoms with Crippen molar-refractivity contribution >= 4 is 27.6 Å². The van der Waals surface area contributed by atoms with Crippen LogP contribution < -0.4 is 4.74 Å². The summed E-state index contributed by atoms with van der Waals surface area (Å²) in [7, 11) is -3.53. The van der Waals surface area contributed by atoms with E-state index < -0.39 is 16.0 Å². The number of hydrogen-bond acceptors (Lipinski definition) is 4. The minimum Gasteiger partial charge on any atom is -0.423 e. The zero-order valence-electron chi connectivity index (χ0n) is 15.2. The highest BCUT2D eigenvalue weighted by Gasteiger charge is 2.25. The number of benzene rings is 2. The Balaban J connectivity index is 1.75. The standard InChI is InChI=1S/C20H22ClNO4S/c1-15-14-17(21)8-11-19(15)26-20(23)16-6-9-18(10-7-16)27(24,25)22-12-4-2-3-5-13-22/h6-11,14H,2-5,12-13H2,1H3. The first kappa shape index (κ1) is 19.9. The lowest BCUT2D eigenvalue weighted by Gasteiger charge is -2.20. The molecule has 3 rings (SSSR count). The molecule has 0 aromatic heterocycles. The van der Waals surface area contributed by atoms with Gasteiger partial charge in [-0.15, -0.1) is 0 Å². The Bertz CT molecular complexity index is 917. The van der Waals surface area contributed by atoms with Gasteiger partial charge in [-0.05, 0) is 67.8 Å².